The van der Waals surface area contributed by atoms with Crippen molar-refractivity contribution in [2.45, 2.75) is 45.2 Å². The molecular formula is C19H25N5S. The third-order valence-electron chi connectivity index (χ3n) is 4.93. The topological polar surface area (TPSA) is 49.7 Å². The van der Waals surface area contributed by atoms with Crippen molar-refractivity contribution in [1.29, 1.82) is 0 Å². The summed E-state index contributed by atoms with van der Waals surface area (Å²) in [6.07, 6.45) is 8.36. The molecule has 0 radical (unpaired) electrons. The van der Waals surface area contributed by atoms with Crippen LogP contribution in [0.4, 0.5) is 0 Å². The van der Waals surface area contributed by atoms with Crippen molar-refractivity contribution in [3.63, 3.8) is 0 Å². The quantitative estimate of drug-likeness (QED) is 0.742. The van der Waals surface area contributed by atoms with Crippen LogP contribution in [0.3, 0.4) is 0 Å². The van der Waals surface area contributed by atoms with Crippen LogP contribution in [0.2, 0.25) is 0 Å². The summed E-state index contributed by atoms with van der Waals surface area (Å²) >= 11 is 1.86. The third kappa shape index (κ3) is 3.55. The second-order valence-electron chi connectivity index (χ2n) is 7.10. The Bertz CT molecular complexity index is 802. The van der Waals surface area contributed by atoms with E-state index in [4.69, 9.17) is 0 Å². The fourth-order valence-corrected chi connectivity index (χ4v) is 4.73. The van der Waals surface area contributed by atoms with Crippen LogP contribution in [0, 0.1) is 0 Å². The molecule has 6 heteroatoms. The SMILES string of the molecule is CC(C)n1ccnc1[C@H]1CCCN(Cc2ccc(-c3ccn[nH]3)s2)C1. The summed E-state index contributed by atoms with van der Waals surface area (Å²) in [5.74, 6) is 1.79. The summed E-state index contributed by atoms with van der Waals surface area (Å²) in [4.78, 5) is 9.92. The number of piperidine rings is 1. The van der Waals surface area contributed by atoms with Crippen molar-refractivity contribution < 1.29 is 0 Å². The Morgan fingerprint density at radius 2 is 2.20 bits per heavy atom. The van der Waals surface area contributed by atoms with Gasteiger partial charge in [-0.2, -0.15) is 5.10 Å². The maximum absolute atomic E-state index is 4.67. The summed E-state index contributed by atoms with van der Waals surface area (Å²) in [5.41, 5.74) is 1.10. The van der Waals surface area contributed by atoms with Gasteiger partial charge in [0.15, 0.2) is 0 Å². The van der Waals surface area contributed by atoms with Crippen LogP contribution in [0.25, 0.3) is 10.6 Å². The second-order valence-corrected chi connectivity index (χ2v) is 8.27. The molecule has 1 aliphatic heterocycles. The Morgan fingerprint density at radius 1 is 1.28 bits per heavy atom. The third-order valence-corrected chi connectivity index (χ3v) is 6.04. The minimum Gasteiger partial charge on any atom is -0.332 e. The first-order valence-electron chi connectivity index (χ1n) is 9.04. The fourth-order valence-electron chi connectivity index (χ4n) is 3.71. The van der Waals surface area contributed by atoms with Crippen LogP contribution in [-0.4, -0.2) is 37.7 Å². The average molecular weight is 356 g/mol. The number of thiophene rings is 1. The van der Waals surface area contributed by atoms with Gasteiger partial charge in [0.2, 0.25) is 0 Å². The number of H-pyrrole nitrogens is 1. The van der Waals surface area contributed by atoms with E-state index in [0.717, 1.165) is 18.8 Å². The predicted octanol–water partition coefficient (Wildman–Crippen LogP) is 4.30. The number of likely N-dealkylation sites (tertiary alicyclic amines) is 1. The van der Waals surface area contributed by atoms with Gasteiger partial charge < -0.3 is 4.57 Å². The molecule has 0 aliphatic carbocycles. The Balaban J connectivity index is 1.44. The number of hydrogen-bond acceptors (Lipinski definition) is 4. The molecule has 25 heavy (non-hydrogen) atoms. The molecule has 0 spiro atoms. The van der Waals surface area contributed by atoms with Crippen LogP contribution in [0.5, 0.6) is 0 Å². The van der Waals surface area contributed by atoms with Crippen molar-refractivity contribution in [2.75, 3.05) is 13.1 Å². The molecule has 1 aliphatic rings. The number of aromatic amines is 1. The maximum atomic E-state index is 4.67. The Kier molecular flexibility index (Phi) is 4.72. The lowest BCUT2D eigenvalue weighted by Crippen LogP contribution is -2.34. The molecule has 1 atom stereocenters. The van der Waals surface area contributed by atoms with Crippen molar-refractivity contribution in [3.05, 3.63) is 47.5 Å². The standard InChI is InChI=1S/C19H25N5S/c1-14(2)24-11-9-20-19(24)15-4-3-10-23(12-15)13-16-5-6-18(25-16)17-7-8-21-22-17/h5-9,11,14-15H,3-4,10,12-13H2,1-2H3,(H,21,22)/t15-/m0/s1. The van der Waals surface area contributed by atoms with Crippen LogP contribution in [0.1, 0.15) is 49.4 Å². The molecule has 0 amide bonds. The molecule has 1 N–H and O–H groups in total. The maximum Gasteiger partial charge on any atom is 0.113 e. The van der Waals surface area contributed by atoms with E-state index in [0.29, 0.717) is 12.0 Å². The highest BCUT2D eigenvalue weighted by molar-refractivity contribution is 7.15. The normalized spacial score (nSPS) is 18.9. The minimum atomic E-state index is 0.474. The minimum absolute atomic E-state index is 0.474. The highest BCUT2D eigenvalue weighted by Gasteiger charge is 2.25. The molecule has 1 fully saturated rings. The van der Waals surface area contributed by atoms with Gasteiger partial charge in [0.25, 0.3) is 0 Å². The molecule has 0 unspecified atom stereocenters. The zero-order chi connectivity index (χ0) is 17.2. The lowest BCUT2D eigenvalue weighted by atomic mass is 9.97. The summed E-state index contributed by atoms with van der Waals surface area (Å²) in [7, 11) is 0. The first-order chi connectivity index (χ1) is 12.2. The molecule has 3 aromatic rings. The Labute approximate surface area is 152 Å². The van der Waals surface area contributed by atoms with Crippen LogP contribution in [0.15, 0.2) is 36.8 Å². The van der Waals surface area contributed by atoms with Gasteiger partial charge in [-0.3, -0.25) is 10.00 Å². The van der Waals surface area contributed by atoms with E-state index < -0.39 is 0 Å². The largest absolute Gasteiger partial charge is 0.332 e. The zero-order valence-electron chi connectivity index (χ0n) is 14.9. The van der Waals surface area contributed by atoms with Crippen LogP contribution in [-0.2, 0) is 6.54 Å². The number of nitrogens with one attached hydrogen (secondary N) is 1. The van der Waals surface area contributed by atoms with Gasteiger partial charge in [0.1, 0.15) is 5.82 Å². The highest BCUT2D eigenvalue weighted by Crippen LogP contribution is 2.31. The molecular weight excluding hydrogens is 330 g/mol. The van der Waals surface area contributed by atoms with Gasteiger partial charge in [-0.1, -0.05) is 0 Å². The van der Waals surface area contributed by atoms with E-state index in [1.165, 1.54) is 35.0 Å². The van der Waals surface area contributed by atoms with Gasteiger partial charge in [-0.25, -0.2) is 4.98 Å². The first-order valence-corrected chi connectivity index (χ1v) is 9.86. The monoisotopic (exact) mass is 355 g/mol. The van der Waals surface area contributed by atoms with E-state index in [-0.39, 0.29) is 0 Å². The molecule has 4 heterocycles. The molecule has 0 aromatic carbocycles. The van der Waals surface area contributed by atoms with E-state index in [1.807, 2.05) is 23.6 Å². The number of hydrogen-bond donors (Lipinski definition) is 1. The van der Waals surface area contributed by atoms with Crippen molar-refractivity contribution in [1.82, 2.24) is 24.6 Å². The van der Waals surface area contributed by atoms with Crippen molar-refractivity contribution in [2.24, 2.45) is 0 Å². The Morgan fingerprint density at radius 3 is 3.00 bits per heavy atom. The lowest BCUT2D eigenvalue weighted by molar-refractivity contribution is 0.195. The van der Waals surface area contributed by atoms with Crippen molar-refractivity contribution >= 4 is 11.3 Å². The summed E-state index contributed by atoms with van der Waals surface area (Å²) in [5, 5.41) is 7.09. The van der Waals surface area contributed by atoms with Gasteiger partial charge in [0.05, 0.1) is 10.6 Å². The van der Waals surface area contributed by atoms with Gasteiger partial charge >= 0.3 is 0 Å². The summed E-state index contributed by atoms with van der Waals surface area (Å²) in [6, 6.07) is 6.94. The number of nitrogens with zero attached hydrogens (tertiary/aromatic N) is 4. The molecule has 1 saturated heterocycles. The molecule has 0 bridgehead atoms. The zero-order valence-corrected chi connectivity index (χ0v) is 15.7. The molecule has 5 nitrogen and oxygen atoms in total. The molecule has 3 aromatic heterocycles. The van der Waals surface area contributed by atoms with E-state index in [2.05, 4.69) is 56.8 Å². The Hall–Kier alpha value is -1.92. The molecule has 132 valence electrons. The fraction of sp³-hybridized carbons (Fsp3) is 0.474. The van der Waals surface area contributed by atoms with Crippen LogP contribution < -0.4 is 0 Å². The number of aromatic nitrogens is 4. The smallest absolute Gasteiger partial charge is 0.113 e. The van der Waals surface area contributed by atoms with Gasteiger partial charge in [-0.15, -0.1) is 11.3 Å². The highest BCUT2D eigenvalue weighted by atomic mass is 32.1. The van der Waals surface area contributed by atoms with E-state index >= 15 is 0 Å². The first kappa shape index (κ1) is 16.5. The van der Waals surface area contributed by atoms with Crippen molar-refractivity contribution in [3.8, 4) is 10.6 Å². The van der Waals surface area contributed by atoms with Crippen LogP contribution >= 0.6 is 11.3 Å². The average Bonchev–Trinajstić information content (AvgIpc) is 3.35. The second kappa shape index (κ2) is 7.14. The predicted molar refractivity (Wildman–Crippen MR) is 102 cm³/mol. The number of rotatable bonds is 5. The lowest BCUT2D eigenvalue weighted by Gasteiger charge is -2.32. The van der Waals surface area contributed by atoms with Gasteiger partial charge in [-0.05, 0) is 51.4 Å². The summed E-state index contributed by atoms with van der Waals surface area (Å²) in [6.45, 7) is 7.76. The summed E-state index contributed by atoms with van der Waals surface area (Å²) < 4.78 is 2.33. The van der Waals surface area contributed by atoms with E-state index in [1.54, 1.807) is 6.20 Å². The van der Waals surface area contributed by atoms with Gasteiger partial charge in [0, 0.05) is 48.5 Å². The molecule has 4 rings (SSSR count). The van der Waals surface area contributed by atoms with E-state index in [9.17, 15) is 0 Å². The number of imidazole rings is 1. The molecule has 0 saturated carbocycles.